The van der Waals surface area contributed by atoms with Gasteiger partial charge in [-0.2, -0.15) is 0 Å². The number of aliphatic hydroxyl groups excluding tert-OH is 4. The maximum Gasteiger partial charge on any atom is 0.114 e. The summed E-state index contributed by atoms with van der Waals surface area (Å²) < 4.78 is 5.42. The molecule has 0 aliphatic carbocycles. The predicted octanol–water partition coefficient (Wildman–Crippen LogP) is -0.0933. The fourth-order valence-corrected chi connectivity index (χ4v) is 2.80. The van der Waals surface area contributed by atoms with Crippen LogP contribution in [0.3, 0.4) is 0 Å². The van der Waals surface area contributed by atoms with Gasteiger partial charge in [0, 0.05) is 6.54 Å². The van der Waals surface area contributed by atoms with Crippen LogP contribution in [0.25, 0.3) is 0 Å². The third kappa shape index (κ3) is 5.47. The molecular formula is C15H31NO5. The second-order valence-electron chi connectivity index (χ2n) is 5.97. The van der Waals surface area contributed by atoms with Gasteiger partial charge in [-0.1, -0.05) is 45.4 Å². The number of hydrogen-bond donors (Lipinski definition) is 5. The number of rotatable bonds is 10. The van der Waals surface area contributed by atoms with Crippen molar-refractivity contribution in [2.24, 2.45) is 5.73 Å². The van der Waals surface area contributed by atoms with Crippen molar-refractivity contribution in [2.75, 3.05) is 6.54 Å². The van der Waals surface area contributed by atoms with Crippen LogP contribution in [0.2, 0.25) is 0 Å². The van der Waals surface area contributed by atoms with E-state index in [0.717, 1.165) is 19.3 Å². The van der Waals surface area contributed by atoms with Crippen molar-refractivity contribution < 1.29 is 25.2 Å². The lowest BCUT2D eigenvalue weighted by atomic mass is 9.98. The Morgan fingerprint density at radius 3 is 2.00 bits per heavy atom. The number of aliphatic hydroxyl groups is 4. The zero-order chi connectivity index (χ0) is 15.8. The van der Waals surface area contributed by atoms with Crippen LogP contribution in [-0.2, 0) is 4.74 Å². The highest BCUT2D eigenvalue weighted by Gasteiger charge is 2.47. The zero-order valence-corrected chi connectivity index (χ0v) is 12.9. The Morgan fingerprint density at radius 1 is 0.905 bits per heavy atom. The lowest BCUT2D eigenvalue weighted by Crippen LogP contribution is -2.42. The van der Waals surface area contributed by atoms with Crippen molar-refractivity contribution in [3.8, 4) is 0 Å². The highest BCUT2D eigenvalue weighted by molar-refractivity contribution is 4.96. The highest BCUT2D eigenvalue weighted by atomic mass is 16.6. The second-order valence-corrected chi connectivity index (χ2v) is 5.97. The van der Waals surface area contributed by atoms with Crippen LogP contribution in [0.15, 0.2) is 0 Å². The zero-order valence-electron chi connectivity index (χ0n) is 12.9. The maximum atomic E-state index is 10.1. The molecule has 6 N–H and O–H groups in total. The minimum Gasteiger partial charge on any atom is -0.390 e. The molecule has 1 rings (SSSR count). The first kappa shape index (κ1) is 18.8. The molecule has 0 saturated carbocycles. The van der Waals surface area contributed by atoms with E-state index < -0.39 is 36.6 Å². The summed E-state index contributed by atoms with van der Waals surface area (Å²) in [5, 5.41) is 39.5. The molecule has 1 heterocycles. The molecule has 0 aromatic heterocycles. The third-order valence-electron chi connectivity index (χ3n) is 4.19. The van der Waals surface area contributed by atoms with Crippen LogP contribution in [0.1, 0.15) is 51.9 Å². The molecule has 1 aliphatic rings. The Labute approximate surface area is 126 Å². The summed E-state index contributed by atoms with van der Waals surface area (Å²) in [6.07, 6.45) is 1.13. The van der Waals surface area contributed by atoms with Gasteiger partial charge in [-0.3, -0.25) is 0 Å². The van der Waals surface area contributed by atoms with E-state index in [9.17, 15) is 20.4 Å². The first-order valence-electron chi connectivity index (χ1n) is 8.10. The smallest absolute Gasteiger partial charge is 0.114 e. The summed E-state index contributed by atoms with van der Waals surface area (Å²) in [5.41, 5.74) is 5.33. The van der Waals surface area contributed by atoms with Gasteiger partial charge in [-0.15, -0.1) is 0 Å². The number of ether oxygens (including phenoxy) is 1. The van der Waals surface area contributed by atoms with Crippen LogP contribution in [0.5, 0.6) is 0 Å². The molecule has 0 radical (unpaired) electrons. The standard InChI is InChI=1S/C15H31NO5/c1-2-3-4-5-6-7-8-10(17)14-12(19)13(20)15(21-14)11(18)9-16/h10-15,17-20H,2-9,16H2,1H3/t10?,11-,12?,13?,14+,15-/m1/s1. The largest absolute Gasteiger partial charge is 0.390 e. The van der Waals surface area contributed by atoms with Gasteiger partial charge in [0.15, 0.2) is 0 Å². The topological polar surface area (TPSA) is 116 Å². The summed E-state index contributed by atoms with van der Waals surface area (Å²) in [4.78, 5) is 0. The Balaban J connectivity index is 2.32. The monoisotopic (exact) mass is 305 g/mol. The quantitative estimate of drug-likeness (QED) is 0.360. The normalized spacial score (nSPS) is 32.3. The SMILES string of the molecule is CCCCCCCCC(O)[C@@H]1O[C@H]([C@H](O)CN)C(O)C1O. The molecule has 21 heavy (non-hydrogen) atoms. The summed E-state index contributed by atoms with van der Waals surface area (Å²) in [7, 11) is 0. The number of unbranched alkanes of at least 4 members (excludes halogenated alkanes) is 5. The van der Waals surface area contributed by atoms with E-state index >= 15 is 0 Å². The van der Waals surface area contributed by atoms with Crippen LogP contribution in [0, 0.1) is 0 Å². The molecule has 6 nitrogen and oxygen atoms in total. The maximum absolute atomic E-state index is 10.1. The molecule has 0 bridgehead atoms. The molecule has 3 unspecified atom stereocenters. The minimum atomic E-state index is -1.22. The lowest BCUT2D eigenvalue weighted by molar-refractivity contribution is -0.0956. The number of nitrogens with two attached hydrogens (primary N) is 1. The Hall–Kier alpha value is -0.240. The average Bonchev–Trinajstić information content (AvgIpc) is 2.78. The molecule has 1 saturated heterocycles. The van der Waals surface area contributed by atoms with Crippen molar-refractivity contribution in [3.05, 3.63) is 0 Å². The molecule has 0 spiro atoms. The summed E-state index contributed by atoms with van der Waals surface area (Å²) >= 11 is 0. The van der Waals surface area contributed by atoms with Crippen molar-refractivity contribution >= 4 is 0 Å². The average molecular weight is 305 g/mol. The fraction of sp³-hybridized carbons (Fsp3) is 1.00. The molecule has 0 aromatic rings. The van der Waals surface area contributed by atoms with E-state index in [1.54, 1.807) is 0 Å². The minimum absolute atomic E-state index is 0.0608. The van der Waals surface area contributed by atoms with Gasteiger partial charge in [-0.25, -0.2) is 0 Å². The van der Waals surface area contributed by atoms with Crippen molar-refractivity contribution in [3.63, 3.8) is 0 Å². The predicted molar refractivity (Wildman–Crippen MR) is 79.7 cm³/mol. The Kier molecular flexibility index (Phi) is 8.70. The first-order chi connectivity index (χ1) is 10.0. The van der Waals surface area contributed by atoms with Gasteiger partial charge >= 0.3 is 0 Å². The Morgan fingerprint density at radius 2 is 1.43 bits per heavy atom. The van der Waals surface area contributed by atoms with Gasteiger partial charge in [0.2, 0.25) is 0 Å². The van der Waals surface area contributed by atoms with E-state index in [1.165, 1.54) is 19.3 Å². The van der Waals surface area contributed by atoms with Crippen LogP contribution >= 0.6 is 0 Å². The summed E-state index contributed by atoms with van der Waals surface area (Å²) in [6, 6.07) is 0. The van der Waals surface area contributed by atoms with Crippen molar-refractivity contribution in [1.82, 2.24) is 0 Å². The molecule has 0 amide bonds. The lowest BCUT2D eigenvalue weighted by Gasteiger charge is -2.21. The second kappa shape index (κ2) is 9.71. The Bertz CT molecular complexity index is 279. The van der Waals surface area contributed by atoms with Crippen LogP contribution in [0.4, 0.5) is 0 Å². The number of hydrogen-bond acceptors (Lipinski definition) is 6. The molecule has 1 aliphatic heterocycles. The van der Waals surface area contributed by atoms with E-state index in [1.807, 2.05) is 0 Å². The molecule has 126 valence electrons. The molecule has 6 heteroatoms. The summed E-state index contributed by atoms with van der Waals surface area (Å²) in [6.45, 7) is 2.11. The van der Waals surface area contributed by atoms with Gasteiger partial charge in [0.1, 0.15) is 24.4 Å². The van der Waals surface area contributed by atoms with Gasteiger partial charge in [0.25, 0.3) is 0 Å². The van der Waals surface area contributed by atoms with Gasteiger partial charge < -0.3 is 30.9 Å². The van der Waals surface area contributed by atoms with E-state index in [-0.39, 0.29) is 6.54 Å². The van der Waals surface area contributed by atoms with Crippen LogP contribution in [-0.4, -0.2) is 63.6 Å². The fourth-order valence-electron chi connectivity index (χ4n) is 2.80. The van der Waals surface area contributed by atoms with Crippen molar-refractivity contribution in [1.29, 1.82) is 0 Å². The molecule has 6 atom stereocenters. The third-order valence-corrected chi connectivity index (χ3v) is 4.19. The molecule has 1 fully saturated rings. The first-order valence-corrected chi connectivity index (χ1v) is 8.10. The summed E-state index contributed by atoms with van der Waals surface area (Å²) in [5.74, 6) is 0. The van der Waals surface area contributed by atoms with Gasteiger partial charge in [-0.05, 0) is 6.42 Å². The van der Waals surface area contributed by atoms with Gasteiger partial charge in [0.05, 0.1) is 12.2 Å². The van der Waals surface area contributed by atoms with Crippen molar-refractivity contribution in [2.45, 2.75) is 88.5 Å². The molecule has 0 aromatic carbocycles. The van der Waals surface area contributed by atoms with E-state index in [0.29, 0.717) is 6.42 Å². The highest BCUT2D eigenvalue weighted by Crippen LogP contribution is 2.27. The van der Waals surface area contributed by atoms with E-state index in [2.05, 4.69) is 6.92 Å². The van der Waals surface area contributed by atoms with E-state index in [4.69, 9.17) is 10.5 Å². The molecular weight excluding hydrogens is 274 g/mol. The van der Waals surface area contributed by atoms with Crippen LogP contribution < -0.4 is 5.73 Å².